The van der Waals surface area contributed by atoms with Gasteiger partial charge in [0, 0.05) is 11.1 Å². The van der Waals surface area contributed by atoms with Crippen molar-refractivity contribution in [3.8, 4) is 28.3 Å². The van der Waals surface area contributed by atoms with E-state index >= 15 is 0 Å². The Bertz CT molecular complexity index is 1930. The van der Waals surface area contributed by atoms with Crippen LogP contribution < -0.4 is 5.32 Å². The highest BCUT2D eigenvalue weighted by atomic mass is 15.2. The van der Waals surface area contributed by atoms with E-state index in [1.54, 1.807) is 0 Å². The number of nitriles is 1. The van der Waals surface area contributed by atoms with E-state index in [1.165, 1.54) is 16.3 Å². The zero-order valence-electron chi connectivity index (χ0n) is 22.8. The number of aliphatic imine (C=N–C) groups is 2. The molecule has 6 aromatic rings. The van der Waals surface area contributed by atoms with Crippen molar-refractivity contribution in [2.45, 2.75) is 6.17 Å². The lowest BCUT2D eigenvalue weighted by molar-refractivity contribution is 0.756. The summed E-state index contributed by atoms with van der Waals surface area (Å²) in [5.41, 5.74) is 8.28. The Balaban J connectivity index is 1.26. The number of nitrogens with zero attached hydrogens (tertiary/aromatic N) is 3. The van der Waals surface area contributed by atoms with Crippen molar-refractivity contribution < 1.29 is 0 Å². The van der Waals surface area contributed by atoms with Crippen molar-refractivity contribution in [2.24, 2.45) is 9.98 Å². The average molecular weight is 539 g/mol. The van der Waals surface area contributed by atoms with Gasteiger partial charge in [-0.15, -0.1) is 0 Å². The number of rotatable bonds is 5. The molecule has 4 nitrogen and oxygen atoms in total. The molecule has 198 valence electrons. The Kier molecular flexibility index (Phi) is 6.60. The number of benzene rings is 6. The summed E-state index contributed by atoms with van der Waals surface area (Å²) in [7, 11) is 0. The highest BCUT2D eigenvalue weighted by Gasteiger charge is 2.20. The molecule has 0 bridgehead atoms. The molecule has 0 spiro atoms. The van der Waals surface area contributed by atoms with Gasteiger partial charge in [0.25, 0.3) is 0 Å². The first kappa shape index (κ1) is 25.2. The predicted molar refractivity (Wildman–Crippen MR) is 171 cm³/mol. The van der Waals surface area contributed by atoms with Crippen LogP contribution in [0.15, 0.2) is 156 Å². The molecular formula is C38H26N4. The van der Waals surface area contributed by atoms with Crippen LogP contribution in [0.4, 0.5) is 0 Å². The van der Waals surface area contributed by atoms with E-state index < -0.39 is 0 Å². The van der Waals surface area contributed by atoms with Crippen molar-refractivity contribution in [3.05, 3.63) is 168 Å². The normalized spacial score (nSPS) is 13.1. The number of fused-ring (bicyclic) bond motifs is 1. The molecule has 0 saturated heterocycles. The molecule has 6 aromatic carbocycles. The fourth-order valence-electron chi connectivity index (χ4n) is 5.45. The van der Waals surface area contributed by atoms with Crippen molar-refractivity contribution in [2.75, 3.05) is 0 Å². The topological polar surface area (TPSA) is 60.5 Å². The van der Waals surface area contributed by atoms with Gasteiger partial charge in [0.2, 0.25) is 0 Å². The first-order valence-corrected chi connectivity index (χ1v) is 13.9. The van der Waals surface area contributed by atoms with E-state index in [-0.39, 0.29) is 6.17 Å². The zero-order valence-corrected chi connectivity index (χ0v) is 22.8. The Morgan fingerprint density at radius 3 is 1.40 bits per heavy atom. The summed E-state index contributed by atoms with van der Waals surface area (Å²) in [5, 5.41) is 15.0. The van der Waals surface area contributed by atoms with Gasteiger partial charge in [0.15, 0.2) is 6.17 Å². The van der Waals surface area contributed by atoms with Crippen LogP contribution in [0, 0.1) is 11.3 Å². The van der Waals surface area contributed by atoms with Gasteiger partial charge in [-0.2, -0.15) is 5.26 Å². The van der Waals surface area contributed by atoms with Gasteiger partial charge in [-0.05, 0) is 50.7 Å². The summed E-state index contributed by atoms with van der Waals surface area (Å²) < 4.78 is 0. The van der Waals surface area contributed by atoms with Crippen molar-refractivity contribution in [1.29, 1.82) is 5.26 Å². The maximum Gasteiger partial charge on any atom is 0.169 e. The molecule has 1 N–H and O–H groups in total. The monoisotopic (exact) mass is 538 g/mol. The van der Waals surface area contributed by atoms with Crippen LogP contribution >= 0.6 is 0 Å². The molecule has 0 saturated carbocycles. The minimum Gasteiger partial charge on any atom is -0.324 e. The molecule has 0 unspecified atom stereocenters. The molecule has 0 fully saturated rings. The lowest BCUT2D eigenvalue weighted by Gasteiger charge is -2.22. The second-order valence-corrected chi connectivity index (χ2v) is 10.2. The van der Waals surface area contributed by atoms with E-state index in [0.717, 1.165) is 45.1 Å². The third kappa shape index (κ3) is 4.85. The average Bonchev–Trinajstić information content (AvgIpc) is 3.08. The van der Waals surface area contributed by atoms with E-state index in [9.17, 15) is 5.26 Å². The Labute approximate surface area is 245 Å². The SMILES string of the molecule is N#Cc1ccc(-c2ccc(-c3ccc(C4N=C(c5ccccc5)NC(c5ccccc5)=N4)cc3)c3ccccc23)cc1. The highest BCUT2D eigenvalue weighted by molar-refractivity contribution is 6.15. The third-order valence-electron chi connectivity index (χ3n) is 7.60. The summed E-state index contributed by atoms with van der Waals surface area (Å²) in [6, 6.07) is 51.8. The van der Waals surface area contributed by atoms with Crippen LogP contribution in [0.25, 0.3) is 33.0 Å². The molecule has 1 aliphatic heterocycles. The maximum atomic E-state index is 9.20. The number of hydrogen-bond acceptors (Lipinski definition) is 4. The fraction of sp³-hybridized carbons (Fsp3) is 0.0263. The molecule has 0 radical (unpaired) electrons. The van der Waals surface area contributed by atoms with Crippen molar-refractivity contribution in [1.82, 2.24) is 5.32 Å². The van der Waals surface area contributed by atoms with Crippen LogP contribution in [0.5, 0.6) is 0 Å². The zero-order chi connectivity index (χ0) is 28.3. The van der Waals surface area contributed by atoms with Crippen LogP contribution in [0.1, 0.15) is 28.4 Å². The molecule has 0 amide bonds. The lowest BCUT2D eigenvalue weighted by Crippen LogP contribution is -2.35. The lowest BCUT2D eigenvalue weighted by atomic mass is 9.91. The van der Waals surface area contributed by atoms with Gasteiger partial charge in [-0.1, -0.05) is 133 Å². The van der Waals surface area contributed by atoms with Crippen molar-refractivity contribution >= 4 is 22.4 Å². The first-order chi connectivity index (χ1) is 20.8. The van der Waals surface area contributed by atoms with Crippen LogP contribution in [-0.2, 0) is 0 Å². The van der Waals surface area contributed by atoms with E-state index in [1.807, 2.05) is 60.7 Å². The highest BCUT2D eigenvalue weighted by Crippen LogP contribution is 2.36. The predicted octanol–water partition coefficient (Wildman–Crippen LogP) is 8.54. The quantitative estimate of drug-likeness (QED) is 0.239. The number of hydrogen-bond donors (Lipinski definition) is 1. The summed E-state index contributed by atoms with van der Waals surface area (Å²) in [6.45, 7) is 0. The Hall–Kier alpha value is -5.79. The summed E-state index contributed by atoms with van der Waals surface area (Å²) in [5.74, 6) is 1.62. The second kappa shape index (κ2) is 11.0. The molecule has 1 heterocycles. The molecule has 7 rings (SSSR count). The van der Waals surface area contributed by atoms with Gasteiger partial charge >= 0.3 is 0 Å². The largest absolute Gasteiger partial charge is 0.324 e. The summed E-state index contributed by atoms with van der Waals surface area (Å²) >= 11 is 0. The molecule has 4 heteroatoms. The van der Waals surface area contributed by atoms with Gasteiger partial charge < -0.3 is 5.32 Å². The third-order valence-corrected chi connectivity index (χ3v) is 7.60. The minimum absolute atomic E-state index is 0.360. The standard InChI is InChI=1S/C38H26N4/c39-25-26-15-17-27(18-16-26)32-23-24-33(35-14-8-7-13-34(32)35)28-19-21-31(22-20-28)38-41-36(29-9-3-1-4-10-29)40-37(42-38)30-11-5-2-6-12-30/h1-24,38H,(H,40,41,42). The van der Waals surface area contributed by atoms with Gasteiger partial charge in [0.1, 0.15) is 11.7 Å². The van der Waals surface area contributed by atoms with E-state index in [0.29, 0.717) is 5.56 Å². The van der Waals surface area contributed by atoms with Crippen LogP contribution in [0.2, 0.25) is 0 Å². The minimum atomic E-state index is -0.360. The van der Waals surface area contributed by atoms with E-state index in [4.69, 9.17) is 9.98 Å². The Morgan fingerprint density at radius 1 is 0.476 bits per heavy atom. The van der Waals surface area contributed by atoms with Gasteiger partial charge in [-0.3, -0.25) is 0 Å². The first-order valence-electron chi connectivity index (χ1n) is 13.9. The summed E-state index contributed by atoms with van der Waals surface area (Å²) in [4.78, 5) is 10.0. The van der Waals surface area contributed by atoms with Crippen molar-refractivity contribution in [3.63, 3.8) is 0 Å². The fourth-order valence-corrected chi connectivity index (χ4v) is 5.45. The molecule has 1 aliphatic rings. The van der Waals surface area contributed by atoms with Crippen LogP contribution in [0.3, 0.4) is 0 Å². The van der Waals surface area contributed by atoms with E-state index in [2.05, 4.69) is 96.3 Å². The summed E-state index contributed by atoms with van der Waals surface area (Å²) in [6.07, 6.45) is -0.360. The van der Waals surface area contributed by atoms with Crippen LogP contribution in [-0.4, -0.2) is 11.7 Å². The molecule has 0 aromatic heterocycles. The molecular weight excluding hydrogens is 512 g/mol. The smallest absolute Gasteiger partial charge is 0.169 e. The second-order valence-electron chi connectivity index (χ2n) is 10.2. The number of amidine groups is 2. The molecule has 42 heavy (non-hydrogen) atoms. The molecule has 0 aliphatic carbocycles. The molecule has 0 atom stereocenters. The Morgan fingerprint density at radius 2 is 0.929 bits per heavy atom. The van der Waals surface area contributed by atoms with Gasteiger partial charge in [0.05, 0.1) is 11.6 Å². The maximum absolute atomic E-state index is 9.20. The van der Waals surface area contributed by atoms with Gasteiger partial charge in [-0.25, -0.2) is 9.98 Å². The number of nitrogens with one attached hydrogen (secondary N) is 1.